The topological polar surface area (TPSA) is 17.1 Å². The van der Waals surface area contributed by atoms with E-state index in [-0.39, 0.29) is 5.78 Å². The van der Waals surface area contributed by atoms with Gasteiger partial charge in [-0.25, -0.2) is 0 Å². The summed E-state index contributed by atoms with van der Waals surface area (Å²) >= 11 is 0. The van der Waals surface area contributed by atoms with Gasteiger partial charge in [0, 0.05) is 12.0 Å². The second kappa shape index (κ2) is 6.03. The van der Waals surface area contributed by atoms with Crippen molar-refractivity contribution in [2.24, 2.45) is 0 Å². The van der Waals surface area contributed by atoms with Crippen molar-refractivity contribution < 1.29 is 18.0 Å². The van der Waals surface area contributed by atoms with Crippen LogP contribution in [0.2, 0.25) is 0 Å². The zero-order valence-electron chi connectivity index (χ0n) is 10.6. The number of alkyl halides is 3. The Bertz CT molecular complexity index is 422. The van der Waals surface area contributed by atoms with E-state index in [0.29, 0.717) is 17.5 Å². The minimum Gasteiger partial charge on any atom is -0.294 e. The number of rotatable bonds is 5. The van der Waals surface area contributed by atoms with E-state index < -0.39 is 11.7 Å². The van der Waals surface area contributed by atoms with Gasteiger partial charge in [-0.05, 0) is 31.0 Å². The average Bonchev–Trinajstić information content (AvgIpc) is 2.27. The Kier molecular flexibility index (Phi) is 4.93. The van der Waals surface area contributed by atoms with Gasteiger partial charge in [0.1, 0.15) is 0 Å². The Morgan fingerprint density at radius 1 is 1.22 bits per heavy atom. The van der Waals surface area contributed by atoms with Crippen LogP contribution in [0, 0.1) is 6.92 Å². The molecule has 0 unspecified atom stereocenters. The van der Waals surface area contributed by atoms with Gasteiger partial charge in [0.25, 0.3) is 0 Å². The van der Waals surface area contributed by atoms with Crippen LogP contribution in [-0.4, -0.2) is 5.78 Å². The molecule has 100 valence electrons. The van der Waals surface area contributed by atoms with E-state index in [1.165, 1.54) is 6.07 Å². The van der Waals surface area contributed by atoms with Gasteiger partial charge in [0.05, 0.1) is 5.56 Å². The van der Waals surface area contributed by atoms with E-state index >= 15 is 0 Å². The van der Waals surface area contributed by atoms with Gasteiger partial charge < -0.3 is 0 Å². The predicted octanol–water partition coefficient (Wildman–Crippen LogP) is 4.78. The molecule has 1 rings (SSSR count). The number of carbonyl (C=O) groups is 1. The van der Waals surface area contributed by atoms with Crippen molar-refractivity contribution in [1.82, 2.24) is 0 Å². The molecule has 0 N–H and O–H groups in total. The first-order valence-electron chi connectivity index (χ1n) is 6.07. The molecule has 0 saturated carbocycles. The quantitative estimate of drug-likeness (QED) is 0.549. The summed E-state index contributed by atoms with van der Waals surface area (Å²) in [5.74, 6) is -0.0744. The molecule has 0 aliphatic heterocycles. The minimum atomic E-state index is -4.35. The maximum atomic E-state index is 12.5. The molecule has 0 aliphatic carbocycles. The summed E-state index contributed by atoms with van der Waals surface area (Å²) in [5, 5.41) is 0. The molecule has 1 aromatic rings. The lowest BCUT2D eigenvalue weighted by Crippen LogP contribution is -2.08. The first kappa shape index (κ1) is 14.7. The Morgan fingerprint density at radius 3 is 2.39 bits per heavy atom. The molecule has 1 aromatic carbocycles. The van der Waals surface area contributed by atoms with E-state index in [0.717, 1.165) is 31.4 Å². The van der Waals surface area contributed by atoms with Gasteiger partial charge in [-0.1, -0.05) is 25.8 Å². The third kappa shape index (κ3) is 3.86. The molecular formula is C14H17F3O. The lowest BCUT2D eigenvalue weighted by Gasteiger charge is -2.10. The third-order valence-corrected chi connectivity index (χ3v) is 2.86. The SMILES string of the molecule is CCCCCC(=O)c1ccc(C(F)(F)F)cc1C. The second-order valence-corrected chi connectivity index (χ2v) is 4.41. The van der Waals surface area contributed by atoms with Crippen LogP contribution >= 0.6 is 0 Å². The maximum Gasteiger partial charge on any atom is 0.416 e. The van der Waals surface area contributed by atoms with Crippen LogP contribution < -0.4 is 0 Å². The van der Waals surface area contributed by atoms with Crippen LogP contribution in [0.1, 0.15) is 54.1 Å². The van der Waals surface area contributed by atoms with Gasteiger partial charge in [-0.15, -0.1) is 0 Å². The lowest BCUT2D eigenvalue weighted by molar-refractivity contribution is -0.137. The zero-order valence-corrected chi connectivity index (χ0v) is 10.6. The molecule has 0 aliphatic rings. The Labute approximate surface area is 105 Å². The molecule has 0 radical (unpaired) electrons. The van der Waals surface area contributed by atoms with Gasteiger partial charge >= 0.3 is 6.18 Å². The summed E-state index contributed by atoms with van der Waals surface area (Å²) in [6.45, 7) is 3.58. The van der Waals surface area contributed by atoms with Gasteiger partial charge in [-0.2, -0.15) is 13.2 Å². The number of halogens is 3. The lowest BCUT2D eigenvalue weighted by atomic mass is 9.98. The van der Waals surface area contributed by atoms with Crippen molar-refractivity contribution in [3.05, 3.63) is 34.9 Å². The van der Waals surface area contributed by atoms with Crippen molar-refractivity contribution in [2.75, 3.05) is 0 Å². The number of hydrogen-bond acceptors (Lipinski definition) is 1. The number of hydrogen-bond donors (Lipinski definition) is 0. The van der Waals surface area contributed by atoms with Crippen LogP contribution in [0.15, 0.2) is 18.2 Å². The monoisotopic (exact) mass is 258 g/mol. The first-order valence-corrected chi connectivity index (χ1v) is 6.07. The maximum absolute atomic E-state index is 12.5. The van der Waals surface area contributed by atoms with Crippen molar-refractivity contribution in [1.29, 1.82) is 0 Å². The van der Waals surface area contributed by atoms with Crippen molar-refractivity contribution in [2.45, 2.75) is 45.7 Å². The fourth-order valence-corrected chi connectivity index (χ4v) is 1.82. The zero-order chi connectivity index (χ0) is 13.8. The van der Waals surface area contributed by atoms with Crippen LogP contribution in [0.4, 0.5) is 13.2 Å². The summed E-state index contributed by atoms with van der Waals surface area (Å²) in [4.78, 5) is 11.8. The summed E-state index contributed by atoms with van der Waals surface area (Å²) in [5.41, 5.74) is 0.0931. The van der Waals surface area contributed by atoms with Crippen LogP contribution in [0.3, 0.4) is 0 Å². The summed E-state index contributed by atoms with van der Waals surface area (Å²) in [7, 11) is 0. The molecule has 0 spiro atoms. The van der Waals surface area contributed by atoms with Crippen molar-refractivity contribution >= 4 is 5.78 Å². The molecule has 0 amide bonds. The highest BCUT2D eigenvalue weighted by Gasteiger charge is 2.30. The second-order valence-electron chi connectivity index (χ2n) is 4.41. The van der Waals surface area contributed by atoms with Crippen molar-refractivity contribution in [3.8, 4) is 0 Å². The standard InChI is InChI=1S/C14H17F3O/c1-3-4-5-6-13(18)12-8-7-11(9-10(12)2)14(15,16)17/h7-9H,3-6H2,1-2H3. The minimum absolute atomic E-state index is 0.0744. The molecule has 18 heavy (non-hydrogen) atoms. The predicted molar refractivity (Wildman–Crippen MR) is 64.7 cm³/mol. The fourth-order valence-electron chi connectivity index (χ4n) is 1.82. The molecular weight excluding hydrogens is 241 g/mol. The number of ketones is 1. The normalized spacial score (nSPS) is 11.6. The van der Waals surface area contributed by atoms with E-state index in [9.17, 15) is 18.0 Å². The average molecular weight is 258 g/mol. The molecule has 0 heterocycles. The van der Waals surface area contributed by atoms with Crippen LogP contribution in [0.25, 0.3) is 0 Å². The van der Waals surface area contributed by atoms with Gasteiger partial charge in [0.15, 0.2) is 5.78 Å². The first-order chi connectivity index (χ1) is 8.36. The molecule has 0 saturated heterocycles. The Morgan fingerprint density at radius 2 is 1.89 bits per heavy atom. The molecule has 4 heteroatoms. The number of benzene rings is 1. The molecule has 0 atom stereocenters. The highest BCUT2D eigenvalue weighted by Crippen LogP contribution is 2.30. The third-order valence-electron chi connectivity index (χ3n) is 2.86. The van der Waals surface area contributed by atoms with E-state index in [4.69, 9.17) is 0 Å². The smallest absolute Gasteiger partial charge is 0.294 e. The van der Waals surface area contributed by atoms with E-state index in [2.05, 4.69) is 0 Å². The summed E-state index contributed by atoms with van der Waals surface area (Å²) in [6, 6.07) is 3.29. The highest BCUT2D eigenvalue weighted by molar-refractivity contribution is 5.97. The van der Waals surface area contributed by atoms with Crippen LogP contribution in [-0.2, 0) is 6.18 Å². The Balaban J connectivity index is 2.82. The number of aryl methyl sites for hydroxylation is 1. The molecule has 1 nitrogen and oxygen atoms in total. The summed E-state index contributed by atoms with van der Waals surface area (Å²) in [6.07, 6.45) is -1.19. The Hall–Kier alpha value is -1.32. The van der Waals surface area contributed by atoms with E-state index in [1.54, 1.807) is 6.92 Å². The number of Topliss-reactive ketones (excluding diaryl/α,β-unsaturated/α-hetero) is 1. The largest absolute Gasteiger partial charge is 0.416 e. The van der Waals surface area contributed by atoms with E-state index in [1.807, 2.05) is 6.92 Å². The fraction of sp³-hybridized carbons (Fsp3) is 0.500. The summed E-state index contributed by atoms with van der Waals surface area (Å²) < 4.78 is 37.4. The van der Waals surface area contributed by atoms with Gasteiger partial charge in [-0.3, -0.25) is 4.79 Å². The molecule has 0 fully saturated rings. The van der Waals surface area contributed by atoms with Crippen molar-refractivity contribution in [3.63, 3.8) is 0 Å². The number of unbranched alkanes of at least 4 members (excludes halogenated alkanes) is 2. The number of carbonyl (C=O) groups excluding carboxylic acids is 1. The van der Waals surface area contributed by atoms with Crippen LogP contribution in [0.5, 0.6) is 0 Å². The molecule has 0 bridgehead atoms. The molecule has 0 aromatic heterocycles. The van der Waals surface area contributed by atoms with Gasteiger partial charge in [0.2, 0.25) is 0 Å². The highest BCUT2D eigenvalue weighted by atomic mass is 19.4.